The molecule has 2 N–H and O–H groups in total. The summed E-state index contributed by atoms with van der Waals surface area (Å²) in [6, 6.07) is 12.2. The third kappa shape index (κ3) is 5.25. The van der Waals surface area contributed by atoms with Gasteiger partial charge in [-0.25, -0.2) is 4.79 Å². The number of carbonyl (C=O) groups excluding carboxylic acids is 3. The molecule has 2 aromatic carbocycles. The normalized spacial score (nSPS) is 12.1. The predicted molar refractivity (Wildman–Crippen MR) is 136 cm³/mol. The Labute approximate surface area is 212 Å². The highest BCUT2D eigenvalue weighted by molar-refractivity contribution is 6.03. The first-order chi connectivity index (χ1) is 17.6. The lowest BCUT2D eigenvalue weighted by Gasteiger charge is -2.23. The first kappa shape index (κ1) is 25.7. The summed E-state index contributed by atoms with van der Waals surface area (Å²) in [5.74, 6) is -2.32. The Kier molecular flexibility index (Phi) is 7.15. The molecular weight excluding hydrogens is 476 g/mol. The van der Waals surface area contributed by atoms with Crippen LogP contribution in [0.3, 0.4) is 0 Å². The molecule has 4 rings (SSSR count). The van der Waals surface area contributed by atoms with Crippen molar-refractivity contribution >= 4 is 39.7 Å². The number of aliphatic carboxylic acids is 1. The topological polar surface area (TPSA) is 142 Å². The predicted octanol–water partition coefficient (Wildman–Crippen LogP) is 2.37. The third-order valence-electron chi connectivity index (χ3n) is 6.35. The van der Waals surface area contributed by atoms with Gasteiger partial charge < -0.3 is 29.4 Å². The van der Waals surface area contributed by atoms with Gasteiger partial charge in [-0.1, -0.05) is 44.2 Å². The lowest BCUT2D eigenvalue weighted by Crippen LogP contribution is -2.53. The SMILES string of the molecule is Cc1oc2cc3oc(=O)c(CC(=O)NCC(=O)N[C@H](C(=O)[O-])C(C)C)c(C)c3cc2c1-c1ccccc1. The molecule has 9 heteroatoms. The molecule has 0 fully saturated rings. The number of hydrogen-bond donors (Lipinski definition) is 2. The first-order valence-electron chi connectivity index (χ1n) is 11.9. The van der Waals surface area contributed by atoms with Crippen molar-refractivity contribution in [2.45, 2.75) is 40.2 Å². The second kappa shape index (κ2) is 10.3. The van der Waals surface area contributed by atoms with Crippen LogP contribution in [-0.2, 0) is 20.8 Å². The number of carbonyl (C=O) groups is 3. The Morgan fingerprint density at radius 1 is 0.946 bits per heavy atom. The molecule has 0 saturated heterocycles. The average Bonchev–Trinajstić information content (AvgIpc) is 3.17. The summed E-state index contributed by atoms with van der Waals surface area (Å²) in [6.07, 6.45) is -0.306. The molecule has 0 bridgehead atoms. The molecular formula is C28H27N2O7-. The number of rotatable bonds is 8. The van der Waals surface area contributed by atoms with Crippen molar-refractivity contribution in [1.82, 2.24) is 10.6 Å². The van der Waals surface area contributed by atoms with Crippen LogP contribution in [0.2, 0.25) is 0 Å². The molecule has 0 aliphatic rings. The second-order valence-electron chi connectivity index (χ2n) is 9.30. The van der Waals surface area contributed by atoms with E-state index in [0.717, 1.165) is 22.3 Å². The van der Waals surface area contributed by atoms with Crippen LogP contribution >= 0.6 is 0 Å². The minimum atomic E-state index is -1.41. The Morgan fingerprint density at radius 2 is 1.62 bits per heavy atom. The maximum atomic E-state index is 12.7. The molecule has 2 heterocycles. The highest BCUT2D eigenvalue weighted by Gasteiger charge is 2.21. The summed E-state index contributed by atoms with van der Waals surface area (Å²) in [6.45, 7) is 6.43. The molecule has 0 saturated carbocycles. The van der Waals surface area contributed by atoms with E-state index in [4.69, 9.17) is 8.83 Å². The summed E-state index contributed by atoms with van der Waals surface area (Å²) in [4.78, 5) is 48.5. The number of carboxylic acid groups (broad SMARTS) is 1. The highest BCUT2D eigenvalue weighted by Crippen LogP contribution is 2.37. The molecule has 37 heavy (non-hydrogen) atoms. The highest BCUT2D eigenvalue weighted by atomic mass is 16.4. The van der Waals surface area contributed by atoms with Gasteiger partial charge in [-0.15, -0.1) is 0 Å². The van der Waals surface area contributed by atoms with Gasteiger partial charge in [0, 0.05) is 22.4 Å². The molecule has 0 aliphatic heterocycles. The second-order valence-corrected chi connectivity index (χ2v) is 9.30. The van der Waals surface area contributed by atoms with E-state index in [9.17, 15) is 24.3 Å². The summed E-state index contributed by atoms with van der Waals surface area (Å²) in [5, 5.41) is 17.4. The van der Waals surface area contributed by atoms with Crippen LogP contribution in [-0.4, -0.2) is 30.4 Å². The number of carboxylic acids is 1. The quantitative estimate of drug-likeness (QED) is 0.352. The first-order valence-corrected chi connectivity index (χ1v) is 11.9. The summed E-state index contributed by atoms with van der Waals surface area (Å²) in [5.41, 5.74) is 2.94. The lowest BCUT2D eigenvalue weighted by molar-refractivity contribution is -0.309. The van der Waals surface area contributed by atoms with Crippen molar-refractivity contribution in [3.63, 3.8) is 0 Å². The van der Waals surface area contributed by atoms with Crippen molar-refractivity contribution in [2.24, 2.45) is 5.92 Å². The minimum absolute atomic E-state index is 0.168. The summed E-state index contributed by atoms with van der Waals surface area (Å²) in [7, 11) is 0. The largest absolute Gasteiger partial charge is 0.548 e. The molecule has 1 atom stereocenters. The van der Waals surface area contributed by atoms with Crippen molar-refractivity contribution in [3.8, 4) is 11.1 Å². The van der Waals surface area contributed by atoms with Crippen LogP contribution in [0.1, 0.15) is 30.7 Å². The van der Waals surface area contributed by atoms with E-state index in [1.807, 2.05) is 43.3 Å². The van der Waals surface area contributed by atoms with Crippen molar-refractivity contribution < 1.29 is 28.3 Å². The number of benzene rings is 2. The number of aryl methyl sites for hydroxylation is 2. The fourth-order valence-corrected chi connectivity index (χ4v) is 4.39. The summed E-state index contributed by atoms with van der Waals surface area (Å²) < 4.78 is 11.5. The van der Waals surface area contributed by atoms with Gasteiger partial charge in [0.05, 0.1) is 30.5 Å². The number of hydrogen-bond acceptors (Lipinski definition) is 7. The van der Waals surface area contributed by atoms with Crippen molar-refractivity contribution in [1.29, 1.82) is 0 Å². The lowest BCUT2D eigenvalue weighted by atomic mass is 9.98. The third-order valence-corrected chi connectivity index (χ3v) is 6.35. The van der Waals surface area contributed by atoms with Crippen LogP contribution in [0.5, 0.6) is 0 Å². The molecule has 0 spiro atoms. The average molecular weight is 504 g/mol. The van der Waals surface area contributed by atoms with E-state index in [1.54, 1.807) is 26.8 Å². The number of fused-ring (bicyclic) bond motifs is 2. The van der Waals surface area contributed by atoms with E-state index in [1.165, 1.54) is 0 Å². The Morgan fingerprint density at radius 3 is 2.27 bits per heavy atom. The molecule has 2 amide bonds. The zero-order valence-corrected chi connectivity index (χ0v) is 21.0. The smallest absolute Gasteiger partial charge is 0.340 e. The fourth-order valence-electron chi connectivity index (χ4n) is 4.39. The van der Waals surface area contributed by atoms with E-state index in [0.29, 0.717) is 22.1 Å². The van der Waals surface area contributed by atoms with Crippen LogP contribution < -0.4 is 21.4 Å². The number of amides is 2. The van der Waals surface area contributed by atoms with Crippen LogP contribution in [0.25, 0.3) is 33.1 Å². The van der Waals surface area contributed by atoms with Gasteiger partial charge in [0.15, 0.2) is 0 Å². The number of nitrogens with one attached hydrogen (secondary N) is 2. The van der Waals surface area contributed by atoms with Gasteiger partial charge in [-0.3, -0.25) is 9.59 Å². The zero-order chi connectivity index (χ0) is 26.9. The van der Waals surface area contributed by atoms with Gasteiger partial charge >= 0.3 is 5.63 Å². The van der Waals surface area contributed by atoms with Crippen LogP contribution in [0.15, 0.2) is 56.1 Å². The van der Waals surface area contributed by atoms with Crippen LogP contribution in [0.4, 0.5) is 0 Å². The molecule has 2 aromatic heterocycles. The van der Waals surface area contributed by atoms with E-state index in [2.05, 4.69) is 10.6 Å². The molecule has 0 aliphatic carbocycles. The molecule has 192 valence electrons. The number of furan rings is 1. The van der Waals surface area contributed by atoms with Gasteiger partial charge in [0.2, 0.25) is 11.8 Å². The molecule has 0 unspecified atom stereocenters. The van der Waals surface area contributed by atoms with Crippen molar-refractivity contribution in [3.05, 3.63) is 69.8 Å². The maximum Gasteiger partial charge on any atom is 0.340 e. The molecule has 0 radical (unpaired) electrons. The van der Waals surface area contributed by atoms with E-state index in [-0.39, 0.29) is 17.9 Å². The van der Waals surface area contributed by atoms with Gasteiger partial charge in [-0.2, -0.15) is 0 Å². The van der Waals surface area contributed by atoms with Gasteiger partial charge in [0.1, 0.15) is 16.9 Å². The van der Waals surface area contributed by atoms with Crippen molar-refractivity contribution in [2.75, 3.05) is 6.54 Å². The fraction of sp³-hybridized carbons (Fsp3) is 0.286. The van der Waals surface area contributed by atoms with Crippen LogP contribution in [0, 0.1) is 19.8 Å². The minimum Gasteiger partial charge on any atom is -0.548 e. The Balaban J connectivity index is 1.59. The van der Waals surface area contributed by atoms with Gasteiger partial charge in [-0.05, 0) is 37.0 Å². The Bertz CT molecular complexity index is 1560. The van der Waals surface area contributed by atoms with E-state index < -0.39 is 36.0 Å². The van der Waals surface area contributed by atoms with E-state index >= 15 is 0 Å². The molecule has 4 aromatic rings. The molecule has 9 nitrogen and oxygen atoms in total. The monoisotopic (exact) mass is 503 g/mol. The standard InChI is InChI=1S/C28H28N2O7/c1-14(2)26(27(33)34)30-24(32)13-29-23(31)11-19-15(3)18-10-20-22(12-21(18)37-28(19)35)36-16(4)25(20)17-8-6-5-7-9-17/h5-10,12,14,26H,11,13H2,1-4H3,(H,29,31)(H,30,32)(H,33,34)/p-1/t26-/m0/s1. The summed E-state index contributed by atoms with van der Waals surface area (Å²) >= 11 is 0. The zero-order valence-electron chi connectivity index (χ0n) is 21.0. The Hall–Kier alpha value is -4.40. The maximum absolute atomic E-state index is 12.7. The van der Waals surface area contributed by atoms with Gasteiger partial charge in [0.25, 0.3) is 0 Å².